The number of hydrogen-bond donors (Lipinski definition) is 0. The first kappa shape index (κ1) is 11.1. The molecule has 1 aromatic rings. The van der Waals surface area contributed by atoms with Crippen molar-refractivity contribution in [2.45, 2.75) is 9.83 Å². The van der Waals surface area contributed by atoms with Crippen LogP contribution in [0.5, 0.6) is 0 Å². The molecule has 0 amide bonds. The van der Waals surface area contributed by atoms with E-state index in [2.05, 4.69) is 0 Å². The Morgan fingerprint density at radius 2 is 1.87 bits per heavy atom. The summed E-state index contributed by atoms with van der Waals surface area (Å²) < 4.78 is -1.31. The van der Waals surface area contributed by atoms with Gasteiger partial charge in [-0.15, -0.1) is 0 Å². The maximum atomic E-state index is 5.91. The highest BCUT2D eigenvalue weighted by atomic mass is 35.6. The van der Waals surface area contributed by atoms with E-state index in [1.54, 1.807) is 0 Å². The molecule has 1 aliphatic rings. The van der Waals surface area contributed by atoms with E-state index in [1.807, 2.05) is 48.4 Å². The fraction of sp³-hybridized carbons (Fsp3) is 0.273. The molecule has 0 fully saturated rings. The van der Waals surface area contributed by atoms with Gasteiger partial charge in [0.1, 0.15) is 0 Å². The number of likely N-dealkylation sites (N-methyl/N-ethyl adjacent to an activating group) is 1. The number of para-hydroxylation sites is 1. The molecule has 0 N–H and O–H groups in total. The SMILES string of the molecule is CN1c2ccccc2C=C[C@@H]1C(Cl)(Cl)Cl. The Balaban J connectivity index is 2.42. The number of halogens is 3. The van der Waals surface area contributed by atoms with Crippen molar-refractivity contribution in [1.29, 1.82) is 0 Å². The van der Waals surface area contributed by atoms with Gasteiger partial charge in [-0.1, -0.05) is 65.2 Å². The zero-order valence-electron chi connectivity index (χ0n) is 8.12. The van der Waals surface area contributed by atoms with E-state index in [1.165, 1.54) is 0 Å². The summed E-state index contributed by atoms with van der Waals surface area (Å²) in [4.78, 5) is 1.97. The molecular formula is C11H10Cl3N. The normalized spacial score (nSPS) is 20.3. The maximum absolute atomic E-state index is 5.91. The van der Waals surface area contributed by atoms with Crippen LogP contribution in [0.1, 0.15) is 5.56 Å². The van der Waals surface area contributed by atoms with Gasteiger partial charge in [0.15, 0.2) is 0 Å². The van der Waals surface area contributed by atoms with Crippen molar-refractivity contribution in [3.8, 4) is 0 Å². The van der Waals surface area contributed by atoms with Crippen LogP contribution in [0.3, 0.4) is 0 Å². The van der Waals surface area contributed by atoms with Crippen molar-refractivity contribution >= 4 is 46.6 Å². The topological polar surface area (TPSA) is 3.24 Å². The minimum atomic E-state index is -1.31. The van der Waals surface area contributed by atoms with Crippen molar-refractivity contribution in [3.63, 3.8) is 0 Å². The lowest BCUT2D eigenvalue weighted by molar-refractivity contribution is 0.761. The van der Waals surface area contributed by atoms with Crippen LogP contribution < -0.4 is 4.90 Å². The Hall–Kier alpha value is -0.370. The number of anilines is 1. The zero-order valence-corrected chi connectivity index (χ0v) is 10.4. The lowest BCUT2D eigenvalue weighted by Crippen LogP contribution is -2.41. The van der Waals surface area contributed by atoms with Crippen LogP contribution in [0.15, 0.2) is 30.3 Å². The Labute approximate surface area is 104 Å². The summed E-state index contributed by atoms with van der Waals surface area (Å²) in [7, 11) is 1.93. The van der Waals surface area contributed by atoms with Gasteiger partial charge < -0.3 is 4.90 Å². The van der Waals surface area contributed by atoms with Gasteiger partial charge in [0.05, 0.1) is 6.04 Å². The molecule has 80 valence electrons. The molecule has 0 radical (unpaired) electrons. The smallest absolute Gasteiger partial charge is 0.214 e. The average Bonchev–Trinajstić information content (AvgIpc) is 2.16. The predicted molar refractivity (Wildman–Crippen MR) is 68.0 cm³/mol. The molecule has 0 aromatic heterocycles. The molecule has 1 nitrogen and oxygen atoms in total. The van der Waals surface area contributed by atoms with Gasteiger partial charge in [-0.3, -0.25) is 0 Å². The van der Waals surface area contributed by atoms with Gasteiger partial charge in [0, 0.05) is 12.7 Å². The second kappa shape index (κ2) is 3.89. The Morgan fingerprint density at radius 3 is 2.53 bits per heavy atom. The van der Waals surface area contributed by atoms with E-state index < -0.39 is 3.79 Å². The summed E-state index contributed by atoms with van der Waals surface area (Å²) in [6.45, 7) is 0. The average molecular weight is 263 g/mol. The molecule has 0 bridgehead atoms. The number of nitrogens with zero attached hydrogens (tertiary/aromatic N) is 1. The van der Waals surface area contributed by atoms with Crippen LogP contribution >= 0.6 is 34.8 Å². The lowest BCUT2D eigenvalue weighted by Gasteiger charge is -2.36. The van der Waals surface area contributed by atoms with Gasteiger partial charge in [0.2, 0.25) is 3.79 Å². The van der Waals surface area contributed by atoms with Crippen LogP contribution in [0.4, 0.5) is 5.69 Å². The highest BCUT2D eigenvalue weighted by Crippen LogP contribution is 2.39. The molecule has 0 unspecified atom stereocenters. The standard InChI is InChI=1S/C11H10Cl3N/c1-15-9-5-3-2-4-8(9)6-7-10(15)11(12,13)14/h2-7,10H,1H3/t10-/m1/s1. The first-order valence-electron chi connectivity index (χ1n) is 4.57. The summed E-state index contributed by atoms with van der Waals surface area (Å²) >= 11 is 17.7. The van der Waals surface area contributed by atoms with Crippen molar-refractivity contribution < 1.29 is 0 Å². The monoisotopic (exact) mass is 261 g/mol. The molecule has 0 spiro atoms. The quantitative estimate of drug-likeness (QED) is 0.641. The highest BCUT2D eigenvalue weighted by Gasteiger charge is 2.35. The second-order valence-electron chi connectivity index (χ2n) is 3.52. The van der Waals surface area contributed by atoms with Crippen LogP contribution in [0.2, 0.25) is 0 Å². The summed E-state index contributed by atoms with van der Waals surface area (Å²) in [5.74, 6) is 0. The van der Waals surface area contributed by atoms with E-state index >= 15 is 0 Å². The maximum Gasteiger partial charge on any atom is 0.214 e. The van der Waals surface area contributed by atoms with Crippen molar-refractivity contribution in [2.24, 2.45) is 0 Å². The van der Waals surface area contributed by atoms with Crippen LogP contribution in [-0.4, -0.2) is 16.9 Å². The molecule has 1 aliphatic heterocycles. The molecule has 1 atom stereocenters. The first-order valence-corrected chi connectivity index (χ1v) is 5.70. The molecule has 2 rings (SSSR count). The molecule has 15 heavy (non-hydrogen) atoms. The van der Waals surface area contributed by atoms with E-state index in [-0.39, 0.29) is 6.04 Å². The molecule has 4 heteroatoms. The van der Waals surface area contributed by atoms with Gasteiger partial charge in [-0.05, 0) is 11.6 Å². The molecule has 0 aliphatic carbocycles. The predicted octanol–water partition coefficient (Wildman–Crippen LogP) is 3.89. The fourth-order valence-electron chi connectivity index (χ4n) is 1.75. The van der Waals surface area contributed by atoms with Crippen LogP contribution in [0, 0.1) is 0 Å². The molecular weight excluding hydrogens is 252 g/mol. The van der Waals surface area contributed by atoms with Gasteiger partial charge >= 0.3 is 0 Å². The van der Waals surface area contributed by atoms with E-state index in [0.717, 1.165) is 11.3 Å². The third-order valence-corrected chi connectivity index (χ3v) is 3.20. The van der Waals surface area contributed by atoms with Crippen LogP contribution in [0.25, 0.3) is 6.08 Å². The number of rotatable bonds is 0. The second-order valence-corrected chi connectivity index (χ2v) is 5.88. The summed E-state index contributed by atoms with van der Waals surface area (Å²) in [5, 5.41) is 0. The third kappa shape index (κ3) is 2.10. The molecule has 0 saturated heterocycles. The van der Waals surface area contributed by atoms with Gasteiger partial charge in [-0.2, -0.15) is 0 Å². The lowest BCUT2D eigenvalue weighted by atomic mass is 10.0. The Kier molecular flexibility index (Phi) is 2.89. The molecule has 0 saturated carbocycles. The van der Waals surface area contributed by atoms with E-state index in [4.69, 9.17) is 34.8 Å². The van der Waals surface area contributed by atoms with Crippen molar-refractivity contribution in [1.82, 2.24) is 0 Å². The van der Waals surface area contributed by atoms with E-state index in [9.17, 15) is 0 Å². The number of alkyl halides is 3. The largest absolute Gasteiger partial charge is 0.363 e. The summed E-state index contributed by atoms with van der Waals surface area (Å²) in [6.07, 6.45) is 3.90. The van der Waals surface area contributed by atoms with Crippen molar-refractivity contribution in [2.75, 3.05) is 11.9 Å². The highest BCUT2D eigenvalue weighted by molar-refractivity contribution is 6.68. The number of hydrogen-bond acceptors (Lipinski definition) is 1. The van der Waals surface area contributed by atoms with Crippen LogP contribution in [-0.2, 0) is 0 Å². The third-order valence-electron chi connectivity index (χ3n) is 2.53. The summed E-state index contributed by atoms with van der Waals surface area (Å²) in [5.41, 5.74) is 2.22. The summed E-state index contributed by atoms with van der Waals surface area (Å²) in [6, 6.07) is 7.80. The molecule has 1 heterocycles. The fourth-order valence-corrected chi connectivity index (χ4v) is 2.41. The molecule has 1 aromatic carbocycles. The minimum Gasteiger partial charge on any atom is -0.363 e. The Morgan fingerprint density at radius 1 is 1.20 bits per heavy atom. The first-order chi connectivity index (χ1) is 7.00. The minimum absolute atomic E-state index is 0.225. The van der Waals surface area contributed by atoms with Gasteiger partial charge in [-0.25, -0.2) is 0 Å². The number of benzene rings is 1. The Bertz CT molecular complexity index is 395. The van der Waals surface area contributed by atoms with E-state index in [0.29, 0.717) is 0 Å². The van der Waals surface area contributed by atoms with Gasteiger partial charge in [0.25, 0.3) is 0 Å². The number of fused-ring (bicyclic) bond motifs is 1. The van der Waals surface area contributed by atoms with Crippen molar-refractivity contribution in [3.05, 3.63) is 35.9 Å². The zero-order chi connectivity index (χ0) is 11.1.